The van der Waals surface area contributed by atoms with Gasteiger partial charge in [0.15, 0.2) is 11.6 Å². The van der Waals surface area contributed by atoms with Crippen LogP contribution in [0.1, 0.15) is 10.4 Å². The fraction of sp³-hybridized carbons (Fsp3) is 0.0769. The van der Waals surface area contributed by atoms with Gasteiger partial charge in [0.1, 0.15) is 5.82 Å². The Bertz CT molecular complexity index is 711. The molecule has 0 aliphatic carbocycles. The van der Waals surface area contributed by atoms with Crippen LogP contribution in [0.3, 0.4) is 0 Å². The van der Waals surface area contributed by atoms with Crippen molar-refractivity contribution in [3.05, 3.63) is 35.6 Å². The maximum atomic E-state index is 13.7. The molecule has 1 heterocycles. The molecule has 0 saturated heterocycles. The quantitative estimate of drug-likeness (QED) is 0.681. The lowest BCUT2D eigenvalue weighted by atomic mass is 10.1. The molecule has 21 heavy (non-hydrogen) atoms. The summed E-state index contributed by atoms with van der Waals surface area (Å²) < 4.78 is 18.5. The predicted octanol–water partition coefficient (Wildman–Crippen LogP) is 1.42. The Morgan fingerprint density at radius 1 is 1.29 bits per heavy atom. The molecule has 1 aromatic heterocycles. The van der Waals surface area contributed by atoms with Gasteiger partial charge in [0.05, 0.1) is 12.7 Å². The first-order chi connectivity index (χ1) is 9.92. The van der Waals surface area contributed by atoms with Crippen molar-refractivity contribution in [1.29, 1.82) is 0 Å². The summed E-state index contributed by atoms with van der Waals surface area (Å²) in [5.74, 6) is -1.16. The van der Waals surface area contributed by atoms with Crippen molar-refractivity contribution in [3.63, 3.8) is 0 Å². The first-order valence-corrected chi connectivity index (χ1v) is 5.85. The molecule has 2 rings (SSSR count). The molecule has 0 saturated carbocycles. The summed E-state index contributed by atoms with van der Waals surface area (Å²) in [5, 5.41) is 2.25. The van der Waals surface area contributed by atoms with Gasteiger partial charge in [-0.1, -0.05) is 0 Å². The number of halogens is 1. The summed E-state index contributed by atoms with van der Waals surface area (Å²) in [6.45, 7) is 0. The van der Waals surface area contributed by atoms with E-state index >= 15 is 0 Å². The number of hydrogen-bond donors (Lipinski definition) is 4. The molecule has 0 radical (unpaired) electrons. The van der Waals surface area contributed by atoms with E-state index in [4.69, 9.17) is 16.2 Å². The second-order valence-corrected chi connectivity index (χ2v) is 4.17. The number of benzene rings is 1. The lowest BCUT2D eigenvalue weighted by Crippen LogP contribution is -2.22. The van der Waals surface area contributed by atoms with Crippen LogP contribution < -0.4 is 21.5 Å². The van der Waals surface area contributed by atoms with Crippen LogP contribution in [0.25, 0.3) is 11.3 Å². The standard InChI is InChI=1S/C13H13FN4O3/c1-21-10-3-2-6(4-8(10)14)9-5-7(11(15)19)12(17-9)18-13(16)20/h2-5,17H,1H3,(H2,15,19)(H3,16,18,20). The molecule has 0 aliphatic heterocycles. The highest BCUT2D eigenvalue weighted by Gasteiger charge is 2.16. The van der Waals surface area contributed by atoms with Crippen molar-refractivity contribution in [2.75, 3.05) is 12.4 Å². The van der Waals surface area contributed by atoms with Crippen molar-refractivity contribution in [3.8, 4) is 17.0 Å². The summed E-state index contributed by atoms with van der Waals surface area (Å²) in [6.07, 6.45) is 0. The Kier molecular flexibility index (Phi) is 3.79. The zero-order valence-electron chi connectivity index (χ0n) is 11.1. The molecule has 6 N–H and O–H groups in total. The molecule has 8 heteroatoms. The molecule has 0 bridgehead atoms. The first kappa shape index (κ1) is 14.4. The van der Waals surface area contributed by atoms with E-state index in [0.29, 0.717) is 11.3 Å². The molecule has 7 nitrogen and oxygen atoms in total. The first-order valence-electron chi connectivity index (χ1n) is 5.85. The minimum atomic E-state index is -0.855. The molecule has 2 aromatic rings. The molecule has 0 fully saturated rings. The van der Waals surface area contributed by atoms with E-state index in [2.05, 4.69) is 10.3 Å². The van der Waals surface area contributed by atoms with Gasteiger partial charge in [0.2, 0.25) is 0 Å². The van der Waals surface area contributed by atoms with Gasteiger partial charge in [-0.05, 0) is 24.3 Å². The largest absolute Gasteiger partial charge is 0.494 e. The molecule has 0 unspecified atom stereocenters. The number of ether oxygens (including phenoxy) is 1. The van der Waals surface area contributed by atoms with Gasteiger partial charge in [-0.2, -0.15) is 0 Å². The Morgan fingerprint density at radius 3 is 2.52 bits per heavy atom. The summed E-state index contributed by atoms with van der Waals surface area (Å²) in [5.41, 5.74) is 11.1. The van der Waals surface area contributed by atoms with Crippen LogP contribution in [0.15, 0.2) is 24.3 Å². The Labute approximate surface area is 119 Å². The molecular formula is C13H13FN4O3. The number of nitrogens with two attached hydrogens (primary N) is 2. The number of hydrogen-bond acceptors (Lipinski definition) is 3. The third-order valence-corrected chi connectivity index (χ3v) is 2.79. The van der Waals surface area contributed by atoms with Crippen LogP contribution in [-0.4, -0.2) is 24.0 Å². The third-order valence-electron chi connectivity index (χ3n) is 2.79. The highest BCUT2D eigenvalue weighted by Crippen LogP contribution is 2.28. The van der Waals surface area contributed by atoms with E-state index < -0.39 is 17.8 Å². The van der Waals surface area contributed by atoms with Crippen molar-refractivity contribution >= 4 is 17.8 Å². The topological polar surface area (TPSA) is 123 Å². The molecule has 0 spiro atoms. The molecule has 0 atom stereocenters. The van der Waals surface area contributed by atoms with Crippen LogP contribution in [0, 0.1) is 5.82 Å². The second-order valence-electron chi connectivity index (χ2n) is 4.17. The highest BCUT2D eigenvalue weighted by molar-refractivity contribution is 6.02. The van der Waals surface area contributed by atoms with Gasteiger partial charge in [-0.15, -0.1) is 0 Å². The van der Waals surface area contributed by atoms with Gasteiger partial charge in [0, 0.05) is 11.3 Å². The zero-order chi connectivity index (χ0) is 15.6. The molecular weight excluding hydrogens is 279 g/mol. The van der Waals surface area contributed by atoms with Crippen LogP contribution in [-0.2, 0) is 0 Å². The number of aromatic amines is 1. The maximum absolute atomic E-state index is 13.7. The number of aromatic nitrogens is 1. The fourth-order valence-electron chi connectivity index (χ4n) is 1.86. The van der Waals surface area contributed by atoms with Crippen molar-refractivity contribution in [2.45, 2.75) is 0 Å². The maximum Gasteiger partial charge on any atom is 0.317 e. The number of nitrogens with one attached hydrogen (secondary N) is 2. The van der Waals surface area contributed by atoms with E-state index in [1.165, 1.54) is 25.3 Å². The van der Waals surface area contributed by atoms with Crippen LogP contribution in [0.5, 0.6) is 5.75 Å². The lowest BCUT2D eigenvalue weighted by molar-refractivity contribution is 0.100. The van der Waals surface area contributed by atoms with E-state index in [9.17, 15) is 14.0 Å². The Morgan fingerprint density at radius 2 is 2.00 bits per heavy atom. The van der Waals surface area contributed by atoms with Crippen LogP contribution in [0.4, 0.5) is 15.0 Å². The highest BCUT2D eigenvalue weighted by atomic mass is 19.1. The average Bonchev–Trinajstić information content (AvgIpc) is 2.81. The molecule has 3 amide bonds. The van der Waals surface area contributed by atoms with Gasteiger partial charge in [-0.3, -0.25) is 10.1 Å². The second kappa shape index (κ2) is 5.53. The normalized spacial score (nSPS) is 10.2. The van der Waals surface area contributed by atoms with Gasteiger partial charge in [-0.25, -0.2) is 9.18 Å². The van der Waals surface area contributed by atoms with Crippen LogP contribution >= 0.6 is 0 Å². The SMILES string of the molecule is COc1ccc(-c2cc(C(N)=O)c(NC(N)=O)[nH]2)cc1F. The molecule has 0 aliphatic rings. The summed E-state index contributed by atoms with van der Waals surface area (Å²) in [7, 11) is 1.35. The summed E-state index contributed by atoms with van der Waals surface area (Å²) in [4.78, 5) is 25.0. The number of carbonyl (C=O) groups excluding carboxylic acids is 2. The predicted molar refractivity (Wildman–Crippen MR) is 74.5 cm³/mol. The van der Waals surface area contributed by atoms with Gasteiger partial charge >= 0.3 is 6.03 Å². The summed E-state index contributed by atoms with van der Waals surface area (Å²) >= 11 is 0. The van der Waals surface area contributed by atoms with E-state index in [1.54, 1.807) is 6.07 Å². The van der Waals surface area contributed by atoms with E-state index in [0.717, 1.165) is 0 Å². The van der Waals surface area contributed by atoms with Crippen molar-refractivity contribution < 1.29 is 18.7 Å². The minimum absolute atomic E-state index is 0.0417. The van der Waals surface area contributed by atoms with E-state index in [-0.39, 0.29) is 17.1 Å². The number of urea groups is 1. The van der Waals surface area contributed by atoms with Gasteiger partial charge < -0.3 is 21.2 Å². The fourth-order valence-corrected chi connectivity index (χ4v) is 1.86. The van der Waals surface area contributed by atoms with Crippen molar-refractivity contribution in [2.24, 2.45) is 11.5 Å². The molecule has 110 valence electrons. The minimum Gasteiger partial charge on any atom is -0.494 e. The number of methoxy groups -OCH3 is 1. The van der Waals surface area contributed by atoms with Gasteiger partial charge in [0.25, 0.3) is 5.91 Å². The lowest BCUT2D eigenvalue weighted by Gasteiger charge is -2.04. The third kappa shape index (κ3) is 2.94. The van der Waals surface area contributed by atoms with Crippen molar-refractivity contribution in [1.82, 2.24) is 4.98 Å². The zero-order valence-corrected chi connectivity index (χ0v) is 11.1. The number of primary amides is 2. The monoisotopic (exact) mass is 292 g/mol. The van der Waals surface area contributed by atoms with E-state index in [1.807, 2.05) is 0 Å². The summed E-state index contributed by atoms with van der Waals surface area (Å²) in [6, 6.07) is 4.80. The smallest absolute Gasteiger partial charge is 0.317 e. The number of anilines is 1. The number of rotatable bonds is 4. The Hall–Kier alpha value is -3.03. The number of amides is 3. The molecule has 1 aromatic carbocycles. The average molecular weight is 292 g/mol. The number of H-pyrrole nitrogens is 1. The Balaban J connectivity index is 2.47. The van der Waals surface area contributed by atoms with Crippen LogP contribution in [0.2, 0.25) is 0 Å². The number of carbonyl (C=O) groups is 2.